The third kappa shape index (κ3) is 4.98. The summed E-state index contributed by atoms with van der Waals surface area (Å²) in [7, 11) is 0. The van der Waals surface area contributed by atoms with E-state index in [4.69, 9.17) is 0 Å². The Morgan fingerprint density at radius 3 is 1.80 bits per heavy atom. The van der Waals surface area contributed by atoms with Crippen LogP contribution < -0.4 is 0 Å². The van der Waals surface area contributed by atoms with Crippen molar-refractivity contribution in [2.75, 3.05) is 0 Å². The molecule has 0 aromatic rings. The number of hydroxylamine groups is 2. The Balaban J connectivity index is 4.64. The van der Waals surface area contributed by atoms with Crippen LogP contribution in [0.3, 0.4) is 0 Å². The van der Waals surface area contributed by atoms with Crippen molar-refractivity contribution in [3.8, 4) is 0 Å². The zero-order chi connectivity index (χ0) is 12.3. The summed E-state index contributed by atoms with van der Waals surface area (Å²) < 4.78 is 0. The number of unbranched alkanes of at least 4 members (excludes halogenated alkanes) is 1. The zero-order valence-corrected chi connectivity index (χ0v) is 11.6. The van der Waals surface area contributed by atoms with Gasteiger partial charge in [0.1, 0.15) is 0 Å². The minimum absolute atomic E-state index is 0.0597. The van der Waals surface area contributed by atoms with Gasteiger partial charge in [0.05, 0.1) is 0 Å². The van der Waals surface area contributed by atoms with Gasteiger partial charge in [0, 0.05) is 11.6 Å². The standard InChI is InChI=1S/C13H28NO/c1-8-9-10-11(12(2,3)4)14(15)13(5,6)7/h11H,8-10H2,1-7H3. The predicted molar refractivity (Wildman–Crippen MR) is 65.0 cm³/mol. The Hall–Kier alpha value is -0.0800. The van der Waals surface area contributed by atoms with Crippen molar-refractivity contribution in [2.24, 2.45) is 5.41 Å². The van der Waals surface area contributed by atoms with E-state index in [0.717, 1.165) is 19.3 Å². The molecule has 0 aliphatic rings. The molecule has 0 aromatic heterocycles. The van der Waals surface area contributed by atoms with Gasteiger partial charge in [0.15, 0.2) is 0 Å². The maximum absolute atomic E-state index is 12.2. The lowest BCUT2D eigenvalue weighted by Gasteiger charge is -2.41. The van der Waals surface area contributed by atoms with Gasteiger partial charge < -0.3 is 0 Å². The Bertz CT molecular complexity index is 176. The van der Waals surface area contributed by atoms with Crippen LogP contribution in [-0.4, -0.2) is 16.6 Å². The molecule has 0 fully saturated rings. The smallest absolute Gasteiger partial charge is 0.0437 e. The number of hydrogen-bond acceptors (Lipinski definition) is 1. The molecule has 0 aromatic carbocycles. The molecule has 0 rings (SSSR count). The Morgan fingerprint density at radius 1 is 1.07 bits per heavy atom. The average Bonchev–Trinajstić information content (AvgIpc) is 2.00. The van der Waals surface area contributed by atoms with Crippen LogP contribution in [0.1, 0.15) is 67.7 Å². The van der Waals surface area contributed by atoms with Crippen molar-refractivity contribution in [3.63, 3.8) is 0 Å². The topological polar surface area (TPSA) is 23.1 Å². The fourth-order valence-electron chi connectivity index (χ4n) is 1.77. The van der Waals surface area contributed by atoms with Crippen LogP contribution >= 0.6 is 0 Å². The van der Waals surface area contributed by atoms with Gasteiger partial charge in [-0.1, -0.05) is 40.5 Å². The second kappa shape index (κ2) is 5.31. The number of rotatable bonds is 4. The van der Waals surface area contributed by atoms with Crippen molar-refractivity contribution in [2.45, 2.75) is 79.3 Å². The fraction of sp³-hybridized carbons (Fsp3) is 1.00. The first-order valence-corrected chi connectivity index (χ1v) is 6.07. The van der Waals surface area contributed by atoms with E-state index in [0.29, 0.717) is 0 Å². The highest BCUT2D eigenvalue weighted by Gasteiger charge is 2.36. The highest BCUT2D eigenvalue weighted by atomic mass is 16.5. The monoisotopic (exact) mass is 214 g/mol. The van der Waals surface area contributed by atoms with Crippen LogP contribution in [0.25, 0.3) is 0 Å². The predicted octanol–water partition coefficient (Wildman–Crippen LogP) is 4.04. The molecule has 0 aliphatic heterocycles. The molecule has 1 atom stereocenters. The summed E-state index contributed by atoms with van der Waals surface area (Å²) >= 11 is 0. The summed E-state index contributed by atoms with van der Waals surface area (Å²) in [6, 6.07) is 0.123. The Morgan fingerprint density at radius 2 is 1.53 bits per heavy atom. The summed E-state index contributed by atoms with van der Waals surface area (Å²) in [6.07, 6.45) is 3.29. The van der Waals surface area contributed by atoms with Crippen molar-refractivity contribution >= 4 is 0 Å². The van der Waals surface area contributed by atoms with Crippen LogP contribution in [0.4, 0.5) is 0 Å². The molecule has 2 heteroatoms. The van der Waals surface area contributed by atoms with Gasteiger partial charge >= 0.3 is 0 Å². The molecule has 1 radical (unpaired) electrons. The average molecular weight is 214 g/mol. The van der Waals surface area contributed by atoms with E-state index in [-0.39, 0.29) is 17.0 Å². The van der Waals surface area contributed by atoms with Gasteiger partial charge in [-0.2, -0.15) is 0 Å². The second-order valence-corrected chi connectivity index (χ2v) is 6.52. The van der Waals surface area contributed by atoms with Crippen molar-refractivity contribution in [1.82, 2.24) is 5.06 Å². The van der Waals surface area contributed by atoms with Crippen LogP contribution in [0.2, 0.25) is 0 Å². The SMILES string of the molecule is CCCCC(N([O])C(C)(C)C)C(C)(C)C. The van der Waals surface area contributed by atoms with E-state index >= 15 is 0 Å². The molecule has 0 amide bonds. The van der Waals surface area contributed by atoms with E-state index in [2.05, 4.69) is 27.7 Å². The molecule has 0 saturated carbocycles. The molecular formula is C13H28NO. The maximum Gasteiger partial charge on any atom is 0.0437 e. The lowest BCUT2D eigenvalue weighted by molar-refractivity contribution is -0.258. The van der Waals surface area contributed by atoms with Gasteiger partial charge in [-0.05, 0) is 32.6 Å². The summed E-state index contributed by atoms with van der Waals surface area (Å²) in [5.41, 5.74) is -0.226. The van der Waals surface area contributed by atoms with Crippen molar-refractivity contribution in [1.29, 1.82) is 0 Å². The second-order valence-electron chi connectivity index (χ2n) is 6.52. The van der Waals surface area contributed by atoms with Gasteiger partial charge in [-0.25, -0.2) is 0 Å². The molecule has 15 heavy (non-hydrogen) atoms. The van der Waals surface area contributed by atoms with E-state index in [1.807, 2.05) is 20.8 Å². The fourth-order valence-corrected chi connectivity index (χ4v) is 1.77. The lowest BCUT2D eigenvalue weighted by atomic mass is 9.82. The van der Waals surface area contributed by atoms with E-state index < -0.39 is 0 Å². The Kier molecular flexibility index (Phi) is 5.28. The van der Waals surface area contributed by atoms with Crippen LogP contribution in [-0.2, 0) is 5.21 Å². The van der Waals surface area contributed by atoms with Crippen LogP contribution in [0.15, 0.2) is 0 Å². The summed E-state index contributed by atoms with van der Waals surface area (Å²) in [5, 5.41) is 13.5. The third-order valence-corrected chi connectivity index (χ3v) is 2.78. The lowest BCUT2D eigenvalue weighted by Crippen LogP contribution is -2.50. The number of nitrogens with zero attached hydrogens (tertiary/aromatic N) is 1. The first kappa shape index (κ1) is 14.9. The first-order chi connectivity index (χ1) is 6.60. The van der Waals surface area contributed by atoms with Crippen LogP contribution in [0.5, 0.6) is 0 Å². The molecule has 0 saturated heterocycles. The summed E-state index contributed by atoms with van der Waals surface area (Å²) in [4.78, 5) is 0. The minimum atomic E-state index is -0.286. The molecule has 91 valence electrons. The summed E-state index contributed by atoms with van der Waals surface area (Å²) in [5.74, 6) is 0. The van der Waals surface area contributed by atoms with Crippen molar-refractivity contribution in [3.05, 3.63) is 0 Å². The van der Waals surface area contributed by atoms with Gasteiger partial charge in [0.2, 0.25) is 0 Å². The maximum atomic E-state index is 12.2. The normalized spacial score (nSPS) is 15.8. The molecule has 0 bridgehead atoms. The van der Waals surface area contributed by atoms with E-state index in [9.17, 15) is 5.21 Å². The van der Waals surface area contributed by atoms with E-state index in [1.54, 1.807) is 0 Å². The third-order valence-electron chi connectivity index (χ3n) is 2.78. The van der Waals surface area contributed by atoms with Crippen molar-refractivity contribution < 1.29 is 5.21 Å². The van der Waals surface area contributed by atoms with Gasteiger partial charge in [-0.15, -0.1) is 10.3 Å². The molecule has 2 nitrogen and oxygen atoms in total. The minimum Gasteiger partial charge on any atom is -0.146 e. The quantitative estimate of drug-likeness (QED) is 0.648. The first-order valence-electron chi connectivity index (χ1n) is 6.07. The highest BCUT2D eigenvalue weighted by molar-refractivity contribution is 4.84. The largest absolute Gasteiger partial charge is 0.146 e. The molecular weight excluding hydrogens is 186 g/mol. The highest BCUT2D eigenvalue weighted by Crippen LogP contribution is 2.31. The van der Waals surface area contributed by atoms with Crippen LogP contribution in [0, 0.1) is 5.41 Å². The Labute approximate surface area is 95.6 Å². The molecule has 1 unspecified atom stereocenters. The molecule has 0 heterocycles. The molecule has 0 spiro atoms. The van der Waals surface area contributed by atoms with E-state index in [1.165, 1.54) is 5.06 Å². The molecule has 0 aliphatic carbocycles. The molecule has 0 N–H and O–H groups in total. The van der Waals surface area contributed by atoms with Gasteiger partial charge in [0.25, 0.3) is 0 Å². The van der Waals surface area contributed by atoms with Gasteiger partial charge in [-0.3, -0.25) is 0 Å². The summed E-state index contributed by atoms with van der Waals surface area (Å²) in [6.45, 7) is 14.6. The zero-order valence-electron chi connectivity index (χ0n) is 11.6. The number of hydrogen-bond donors (Lipinski definition) is 0.